The van der Waals surface area contributed by atoms with Crippen molar-refractivity contribution in [2.24, 2.45) is 5.92 Å². The third-order valence-electron chi connectivity index (χ3n) is 4.46. The lowest BCUT2D eigenvalue weighted by atomic mass is 9.81. The van der Waals surface area contributed by atoms with Crippen LogP contribution in [0.1, 0.15) is 59.3 Å². The van der Waals surface area contributed by atoms with Crippen molar-refractivity contribution in [3.8, 4) is 0 Å². The maximum absolute atomic E-state index is 9.91. The van der Waals surface area contributed by atoms with Crippen LogP contribution in [0.25, 0.3) is 0 Å². The van der Waals surface area contributed by atoms with Gasteiger partial charge in [-0.05, 0) is 45.4 Å². The van der Waals surface area contributed by atoms with Gasteiger partial charge < -0.3 is 19.7 Å². The molecule has 2 heterocycles. The van der Waals surface area contributed by atoms with Gasteiger partial charge in [0.1, 0.15) is 0 Å². The molecule has 2 bridgehead atoms. The molecule has 2 aliphatic heterocycles. The zero-order chi connectivity index (χ0) is 14.8. The molecule has 2 fully saturated rings. The molecule has 118 valence electrons. The van der Waals surface area contributed by atoms with Crippen molar-refractivity contribution in [1.82, 2.24) is 0 Å². The number of aliphatic hydroxyl groups is 2. The Hall–Kier alpha value is -0.160. The predicted molar refractivity (Wildman–Crippen MR) is 77.6 cm³/mol. The topological polar surface area (TPSA) is 58.9 Å². The number of fused-ring (bicyclic) bond motifs is 2. The first kappa shape index (κ1) is 16.2. The Labute approximate surface area is 122 Å². The summed E-state index contributed by atoms with van der Waals surface area (Å²) >= 11 is 0. The largest absolute Gasteiger partial charge is 0.393 e. The molecule has 0 aromatic rings. The van der Waals surface area contributed by atoms with Crippen LogP contribution in [0.2, 0.25) is 0 Å². The number of aliphatic hydroxyl groups excluding tert-OH is 1. The fraction of sp³-hybridized carbons (Fsp3) is 1.00. The van der Waals surface area contributed by atoms with Crippen LogP contribution < -0.4 is 0 Å². The summed E-state index contributed by atoms with van der Waals surface area (Å²) in [5.74, 6) is 0.463. The van der Waals surface area contributed by atoms with Crippen molar-refractivity contribution in [1.29, 1.82) is 0 Å². The smallest absolute Gasteiger partial charge is 0.0861 e. The molecule has 0 amide bonds. The molecular formula is C16H30O4. The van der Waals surface area contributed by atoms with Crippen LogP contribution in [0, 0.1) is 5.92 Å². The zero-order valence-corrected chi connectivity index (χ0v) is 13.0. The van der Waals surface area contributed by atoms with E-state index >= 15 is 0 Å². The zero-order valence-electron chi connectivity index (χ0n) is 13.0. The first-order chi connectivity index (χ1) is 9.39. The highest BCUT2D eigenvalue weighted by atomic mass is 16.6. The minimum atomic E-state index is -0.612. The maximum atomic E-state index is 9.91. The lowest BCUT2D eigenvalue weighted by Gasteiger charge is -2.29. The molecule has 20 heavy (non-hydrogen) atoms. The van der Waals surface area contributed by atoms with Crippen molar-refractivity contribution in [2.75, 3.05) is 6.61 Å². The van der Waals surface area contributed by atoms with Gasteiger partial charge in [0.2, 0.25) is 0 Å². The van der Waals surface area contributed by atoms with E-state index in [4.69, 9.17) is 9.47 Å². The first-order valence-corrected chi connectivity index (χ1v) is 8.06. The van der Waals surface area contributed by atoms with Gasteiger partial charge in [-0.3, -0.25) is 0 Å². The van der Waals surface area contributed by atoms with Crippen molar-refractivity contribution >= 4 is 0 Å². The fourth-order valence-corrected chi connectivity index (χ4v) is 3.57. The highest BCUT2D eigenvalue weighted by Gasteiger charge is 2.48. The van der Waals surface area contributed by atoms with E-state index in [1.807, 2.05) is 13.8 Å². The van der Waals surface area contributed by atoms with Crippen LogP contribution in [0.3, 0.4) is 0 Å². The van der Waals surface area contributed by atoms with E-state index in [0.717, 1.165) is 38.5 Å². The van der Waals surface area contributed by atoms with Crippen LogP contribution in [-0.2, 0) is 9.47 Å². The van der Waals surface area contributed by atoms with Crippen LogP contribution in [0.5, 0.6) is 0 Å². The monoisotopic (exact) mass is 286 g/mol. The van der Waals surface area contributed by atoms with Crippen molar-refractivity contribution in [3.05, 3.63) is 0 Å². The average Bonchev–Trinajstić information content (AvgIpc) is 2.86. The summed E-state index contributed by atoms with van der Waals surface area (Å²) in [7, 11) is 0. The van der Waals surface area contributed by atoms with E-state index in [1.54, 1.807) is 0 Å². The Bertz CT molecular complexity index is 299. The third kappa shape index (κ3) is 4.42. The predicted octanol–water partition coefficient (Wildman–Crippen LogP) is 2.26. The Balaban J connectivity index is 1.67. The average molecular weight is 286 g/mol. The molecule has 4 nitrogen and oxygen atoms in total. The summed E-state index contributed by atoms with van der Waals surface area (Å²) in [5, 5.41) is 19.6. The molecule has 4 heteroatoms. The summed E-state index contributed by atoms with van der Waals surface area (Å²) in [6.45, 7) is 6.43. The second-order valence-corrected chi connectivity index (χ2v) is 7.10. The minimum Gasteiger partial charge on any atom is -0.393 e. The Morgan fingerprint density at radius 2 is 2.00 bits per heavy atom. The van der Waals surface area contributed by atoms with Crippen LogP contribution in [-0.4, -0.2) is 46.8 Å². The highest BCUT2D eigenvalue weighted by Crippen LogP contribution is 2.43. The highest BCUT2D eigenvalue weighted by molar-refractivity contribution is 4.97. The number of hydrogen-bond acceptors (Lipinski definition) is 4. The van der Waals surface area contributed by atoms with Gasteiger partial charge in [0.25, 0.3) is 0 Å². The van der Waals surface area contributed by atoms with Crippen LogP contribution in [0.15, 0.2) is 0 Å². The van der Waals surface area contributed by atoms with E-state index in [1.165, 1.54) is 0 Å². The molecule has 2 aliphatic rings. The summed E-state index contributed by atoms with van der Waals surface area (Å²) in [6, 6.07) is 0. The molecule has 2 saturated heterocycles. The van der Waals surface area contributed by atoms with E-state index < -0.39 is 5.60 Å². The third-order valence-corrected chi connectivity index (χ3v) is 4.46. The van der Waals surface area contributed by atoms with Crippen molar-refractivity contribution in [2.45, 2.75) is 89.3 Å². The molecular weight excluding hydrogens is 256 g/mol. The van der Waals surface area contributed by atoms with E-state index in [9.17, 15) is 10.2 Å². The van der Waals surface area contributed by atoms with Gasteiger partial charge in [-0.15, -0.1) is 0 Å². The second kappa shape index (κ2) is 6.73. The molecule has 0 spiro atoms. The molecule has 0 radical (unpaired) electrons. The Morgan fingerprint density at radius 1 is 1.25 bits per heavy atom. The molecule has 2 N–H and O–H groups in total. The normalized spacial score (nSPS) is 34.6. The van der Waals surface area contributed by atoms with E-state index in [2.05, 4.69) is 6.92 Å². The molecule has 5 atom stereocenters. The number of hydrogen-bond donors (Lipinski definition) is 2. The Morgan fingerprint density at radius 3 is 2.55 bits per heavy atom. The lowest BCUT2D eigenvalue weighted by Crippen LogP contribution is -2.34. The van der Waals surface area contributed by atoms with Gasteiger partial charge in [0.05, 0.1) is 30.0 Å². The molecule has 0 saturated carbocycles. The Kier molecular flexibility index (Phi) is 5.46. The van der Waals surface area contributed by atoms with Gasteiger partial charge in [-0.25, -0.2) is 0 Å². The lowest BCUT2D eigenvalue weighted by molar-refractivity contribution is -0.0148. The van der Waals surface area contributed by atoms with E-state index in [-0.39, 0.29) is 24.4 Å². The standard InChI is InChI=1S/C16H30O4/c1-4-5-12(17)6-7-19-14-9-13-11(8-15(14)20-13)10-16(2,3)18/h11-15,17-18H,4-10H2,1-3H3. The first-order valence-electron chi connectivity index (χ1n) is 8.06. The fourth-order valence-electron chi connectivity index (χ4n) is 3.57. The van der Waals surface area contributed by atoms with Gasteiger partial charge >= 0.3 is 0 Å². The second-order valence-electron chi connectivity index (χ2n) is 7.10. The summed E-state index contributed by atoms with van der Waals surface area (Å²) in [5.41, 5.74) is -0.612. The van der Waals surface area contributed by atoms with Gasteiger partial charge in [0.15, 0.2) is 0 Å². The molecule has 2 rings (SSSR count). The summed E-state index contributed by atoms with van der Waals surface area (Å²) in [4.78, 5) is 0. The van der Waals surface area contributed by atoms with Gasteiger partial charge in [0, 0.05) is 13.0 Å². The summed E-state index contributed by atoms with van der Waals surface area (Å²) in [6.07, 6.45) is 5.71. The van der Waals surface area contributed by atoms with Crippen LogP contribution >= 0.6 is 0 Å². The van der Waals surface area contributed by atoms with Gasteiger partial charge in [-0.1, -0.05) is 13.3 Å². The summed E-state index contributed by atoms with van der Waals surface area (Å²) < 4.78 is 11.8. The molecule has 5 unspecified atom stereocenters. The number of ether oxygens (including phenoxy) is 2. The molecule has 0 aromatic carbocycles. The SMILES string of the molecule is CCCC(O)CCOC1CC2OC1CC2CC(C)(C)O. The molecule has 0 aliphatic carbocycles. The van der Waals surface area contributed by atoms with Crippen molar-refractivity contribution in [3.63, 3.8) is 0 Å². The number of rotatable bonds is 8. The van der Waals surface area contributed by atoms with E-state index in [0.29, 0.717) is 12.5 Å². The molecule has 0 aromatic heterocycles. The quantitative estimate of drug-likeness (QED) is 0.718. The maximum Gasteiger partial charge on any atom is 0.0861 e. The van der Waals surface area contributed by atoms with Crippen LogP contribution in [0.4, 0.5) is 0 Å². The van der Waals surface area contributed by atoms with Gasteiger partial charge in [-0.2, -0.15) is 0 Å². The van der Waals surface area contributed by atoms with Crippen molar-refractivity contribution < 1.29 is 19.7 Å². The minimum absolute atomic E-state index is 0.187.